The van der Waals surface area contributed by atoms with Crippen LogP contribution in [-0.4, -0.2) is 4.57 Å². The Morgan fingerprint density at radius 1 is 1.44 bits per heavy atom. The summed E-state index contributed by atoms with van der Waals surface area (Å²) in [5.74, 6) is 0. The molecule has 2 aromatic heterocycles. The van der Waals surface area contributed by atoms with Gasteiger partial charge < -0.3 is 9.88 Å². The first-order valence-electron chi connectivity index (χ1n) is 5.70. The van der Waals surface area contributed by atoms with Gasteiger partial charge in [0.1, 0.15) is 0 Å². The van der Waals surface area contributed by atoms with Gasteiger partial charge in [-0.1, -0.05) is 0 Å². The van der Waals surface area contributed by atoms with Crippen LogP contribution in [0.5, 0.6) is 0 Å². The molecule has 0 aliphatic heterocycles. The maximum absolute atomic E-state index is 3.55. The normalized spacial score (nSPS) is 12.9. The molecule has 1 atom stereocenters. The first kappa shape index (κ1) is 11.4. The molecule has 1 N–H and O–H groups in total. The summed E-state index contributed by atoms with van der Waals surface area (Å²) in [5.41, 5.74) is 2.73. The second-order valence-electron chi connectivity index (χ2n) is 3.94. The number of aromatic nitrogens is 1. The fraction of sp³-hybridized carbons (Fsp3) is 0.385. The molecule has 2 nitrogen and oxygen atoms in total. The van der Waals surface area contributed by atoms with Crippen molar-refractivity contribution < 1.29 is 0 Å². The Bertz CT molecular complexity index is 417. The third-order valence-electron chi connectivity index (χ3n) is 2.90. The predicted octanol–water partition coefficient (Wildman–Crippen LogP) is 3.42. The van der Waals surface area contributed by atoms with Gasteiger partial charge in [-0.15, -0.1) is 0 Å². The van der Waals surface area contributed by atoms with E-state index in [0.29, 0.717) is 6.04 Å². The average molecular weight is 234 g/mol. The van der Waals surface area contributed by atoms with Gasteiger partial charge in [0.2, 0.25) is 0 Å². The van der Waals surface area contributed by atoms with Crippen LogP contribution >= 0.6 is 11.3 Å². The lowest BCUT2D eigenvalue weighted by Crippen LogP contribution is -2.19. The third kappa shape index (κ3) is 2.54. The molecule has 0 saturated carbocycles. The van der Waals surface area contributed by atoms with E-state index in [0.717, 1.165) is 13.1 Å². The summed E-state index contributed by atoms with van der Waals surface area (Å²) in [7, 11) is 0. The van der Waals surface area contributed by atoms with Crippen molar-refractivity contribution in [1.29, 1.82) is 0 Å². The number of rotatable bonds is 5. The van der Waals surface area contributed by atoms with Gasteiger partial charge in [-0.05, 0) is 48.4 Å². The number of nitrogens with one attached hydrogen (secondary N) is 1. The predicted molar refractivity (Wildman–Crippen MR) is 69.7 cm³/mol. The van der Waals surface area contributed by atoms with Crippen LogP contribution in [0.1, 0.15) is 31.1 Å². The van der Waals surface area contributed by atoms with Gasteiger partial charge in [-0.25, -0.2) is 0 Å². The van der Waals surface area contributed by atoms with Crippen molar-refractivity contribution in [2.75, 3.05) is 0 Å². The van der Waals surface area contributed by atoms with Crippen LogP contribution in [0, 0.1) is 0 Å². The highest BCUT2D eigenvalue weighted by molar-refractivity contribution is 7.07. The smallest absolute Gasteiger partial charge is 0.0364 e. The molecular weight excluding hydrogens is 216 g/mol. The molecule has 0 fully saturated rings. The maximum atomic E-state index is 3.55. The molecule has 3 heteroatoms. The number of hydrogen-bond donors (Lipinski definition) is 1. The highest BCUT2D eigenvalue weighted by Crippen LogP contribution is 2.16. The summed E-state index contributed by atoms with van der Waals surface area (Å²) in [6.45, 7) is 6.35. The number of nitrogens with zero attached hydrogens (tertiary/aromatic N) is 1. The van der Waals surface area contributed by atoms with Crippen LogP contribution in [0.15, 0.2) is 35.2 Å². The van der Waals surface area contributed by atoms with Crippen LogP contribution in [-0.2, 0) is 13.1 Å². The van der Waals surface area contributed by atoms with Crippen molar-refractivity contribution >= 4 is 11.3 Å². The molecule has 2 rings (SSSR count). The molecule has 0 radical (unpaired) electrons. The first-order valence-corrected chi connectivity index (χ1v) is 6.65. The molecule has 16 heavy (non-hydrogen) atoms. The standard InChI is InChI=1S/C13H18N2S/c1-3-15-7-4-5-13(15)9-14-11(2)12-6-8-16-10-12/h4-8,10-11,14H,3,9H2,1-2H3. The van der Waals surface area contributed by atoms with Crippen LogP contribution in [0.4, 0.5) is 0 Å². The molecule has 0 aliphatic carbocycles. The maximum Gasteiger partial charge on any atom is 0.0364 e. The van der Waals surface area contributed by atoms with E-state index in [1.165, 1.54) is 11.3 Å². The van der Waals surface area contributed by atoms with Gasteiger partial charge >= 0.3 is 0 Å². The molecule has 0 aliphatic rings. The lowest BCUT2D eigenvalue weighted by Gasteiger charge is -2.13. The van der Waals surface area contributed by atoms with Gasteiger partial charge in [0.25, 0.3) is 0 Å². The van der Waals surface area contributed by atoms with Gasteiger partial charge in [-0.3, -0.25) is 0 Å². The second kappa shape index (κ2) is 5.32. The van der Waals surface area contributed by atoms with Crippen molar-refractivity contribution in [3.05, 3.63) is 46.4 Å². The van der Waals surface area contributed by atoms with Crippen LogP contribution in [0.2, 0.25) is 0 Å². The molecule has 0 spiro atoms. The van der Waals surface area contributed by atoms with Crippen molar-refractivity contribution in [1.82, 2.24) is 9.88 Å². The van der Waals surface area contributed by atoms with Gasteiger partial charge in [0.15, 0.2) is 0 Å². The highest BCUT2D eigenvalue weighted by atomic mass is 32.1. The van der Waals surface area contributed by atoms with Crippen LogP contribution in [0.3, 0.4) is 0 Å². The largest absolute Gasteiger partial charge is 0.351 e. The quantitative estimate of drug-likeness (QED) is 0.839. The third-order valence-corrected chi connectivity index (χ3v) is 3.60. The van der Waals surface area contributed by atoms with Crippen molar-refractivity contribution in [3.8, 4) is 0 Å². The number of thiophene rings is 1. The molecule has 2 aromatic rings. The van der Waals surface area contributed by atoms with Gasteiger partial charge in [-0.2, -0.15) is 11.3 Å². The Morgan fingerprint density at radius 3 is 3.00 bits per heavy atom. The highest BCUT2D eigenvalue weighted by Gasteiger charge is 2.06. The van der Waals surface area contributed by atoms with Gasteiger partial charge in [0, 0.05) is 31.0 Å². The zero-order valence-corrected chi connectivity index (χ0v) is 10.6. The van der Waals surface area contributed by atoms with Crippen molar-refractivity contribution in [2.24, 2.45) is 0 Å². The lowest BCUT2D eigenvalue weighted by molar-refractivity contribution is 0.551. The fourth-order valence-electron chi connectivity index (χ4n) is 1.82. The van der Waals surface area contributed by atoms with E-state index >= 15 is 0 Å². The fourth-order valence-corrected chi connectivity index (χ4v) is 2.57. The van der Waals surface area contributed by atoms with E-state index in [2.05, 4.69) is 58.9 Å². The minimum absolute atomic E-state index is 0.423. The summed E-state index contributed by atoms with van der Waals surface area (Å²) < 4.78 is 2.27. The Labute approximate surface area is 101 Å². The van der Waals surface area contributed by atoms with Crippen molar-refractivity contribution in [3.63, 3.8) is 0 Å². The zero-order valence-electron chi connectivity index (χ0n) is 9.81. The van der Waals surface area contributed by atoms with E-state index < -0.39 is 0 Å². The second-order valence-corrected chi connectivity index (χ2v) is 4.72. The van der Waals surface area contributed by atoms with E-state index in [1.807, 2.05) is 0 Å². The summed E-state index contributed by atoms with van der Waals surface area (Å²) in [5, 5.41) is 7.88. The summed E-state index contributed by atoms with van der Waals surface area (Å²) in [6, 6.07) is 6.89. The van der Waals surface area contributed by atoms with Crippen LogP contribution < -0.4 is 5.32 Å². The van der Waals surface area contributed by atoms with Gasteiger partial charge in [0.05, 0.1) is 0 Å². The SMILES string of the molecule is CCn1cccc1CNC(C)c1ccsc1. The molecule has 2 heterocycles. The lowest BCUT2D eigenvalue weighted by atomic mass is 10.2. The number of hydrogen-bond acceptors (Lipinski definition) is 2. The van der Waals surface area contributed by atoms with Crippen molar-refractivity contribution in [2.45, 2.75) is 33.0 Å². The van der Waals surface area contributed by atoms with E-state index in [1.54, 1.807) is 11.3 Å². The Morgan fingerprint density at radius 2 is 2.31 bits per heavy atom. The minimum Gasteiger partial charge on any atom is -0.351 e. The molecule has 1 unspecified atom stereocenters. The average Bonchev–Trinajstić information content (AvgIpc) is 2.96. The van der Waals surface area contributed by atoms with E-state index in [9.17, 15) is 0 Å². The number of aryl methyl sites for hydroxylation is 1. The zero-order chi connectivity index (χ0) is 11.4. The molecule has 0 saturated heterocycles. The molecular formula is C13H18N2S. The Kier molecular flexibility index (Phi) is 3.80. The molecule has 0 bridgehead atoms. The molecule has 86 valence electrons. The Hall–Kier alpha value is -1.06. The Balaban J connectivity index is 1.92. The van der Waals surface area contributed by atoms with E-state index in [-0.39, 0.29) is 0 Å². The topological polar surface area (TPSA) is 17.0 Å². The molecule has 0 aromatic carbocycles. The summed E-state index contributed by atoms with van der Waals surface area (Å²) in [6.07, 6.45) is 2.13. The van der Waals surface area contributed by atoms with E-state index in [4.69, 9.17) is 0 Å². The minimum atomic E-state index is 0.423. The summed E-state index contributed by atoms with van der Waals surface area (Å²) >= 11 is 1.75. The summed E-state index contributed by atoms with van der Waals surface area (Å²) in [4.78, 5) is 0. The van der Waals surface area contributed by atoms with Crippen LogP contribution in [0.25, 0.3) is 0 Å². The molecule has 0 amide bonds. The first-order chi connectivity index (χ1) is 7.81. The monoisotopic (exact) mass is 234 g/mol.